The van der Waals surface area contributed by atoms with Crippen LogP contribution in [-0.2, 0) is 6.54 Å². The second-order valence-corrected chi connectivity index (χ2v) is 4.40. The second-order valence-electron chi connectivity index (χ2n) is 4.40. The van der Waals surface area contributed by atoms with Gasteiger partial charge in [0, 0.05) is 12.1 Å². The van der Waals surface area contributed by atoms with E-state index in [0.29, 0.717) is 5.56 Å². The Bertz CT molecular complexity index is 672. The fourth-order valence-corrected chi connectivity index (χ4v) is 1.76. The van der Waals surface area contributed by atoms with Crippen LogP contribution in [0.2, 0.25) is 0 Å². The van der Waals surface area contributed by atoms with E-state index < -0.39 is 11.8 Å². The molecular formula is C15H15FN4O. The van der Waals surface area contributed by atoms with Crippen LogP contribution in [-0.4, -0.2) is 11.9 Å². The number of benzene rings is 2. The van der Waals surface area contributed by atoms with E-state index in [-0.39, 0.29) is 18.1 Å². The molecule has 0 aromatic heterocycles. The number of hydrogen-bond donors (Lipinski definition) is 4. The van der Waals surface area contributed by atoms with E-state index in [4.69, 9.17) is 11.1 Å². The van der Waals surface area contributed by atoms with Crippen LogP contribution in [0, 0.1) is 11.2 Å². The number of carbonyl (C=O) groups excluding carboxylic acids is 1. The van der Waals surface area contributed by atoms with Crippen LogP contribution in [0.5, 0.6) is 0 Å². The Kier molecular flexibility index (Phi) is 4.50. The van der Waals surface area contributed by atoms with Crippen molar-refractivity contribution in [3.8, 4) is 0 Å². The predicted molar refractivity (Wildman–Crippen MR) is 79.7 cm³/mol. The summed E-state index contributed by atoms with van der Waals surface area (Å²) in [5.41, 5.74) is 6.90. The maximum absolute atomic E-state index is 13.4. The molecule has 5 N–H and O–H groups in total. The first-order chi connectivity index (χ1) is 10.1. The highest BCUT2D eigenvalue weighted by Gasteiger charge is 2.06. The van der Waals surface area contributed by atoms with Gasteiger partial charge in [0.15, 0.2) is 0 Å². The predicted octanol–water partition coefficient (Wildman–Crippen LogP) is 2.43. The molecule has 0 unspecified atom stereocenters. The average molecular weight is 286 g/mol. The van der Waals surface area contributed by atoms with Crippen molar-refractivity contribution in [2.45, 2.75) is 6.54 Å². The summed E-state index contributed by atoms with van der Waals surface area (Å²) < 4.78 is 13.4. The van der Waals surface area contributed by atoms with Gasteiger partial charge in [-0.2, -0.15) is 0 Å². The van der Waals surface area contributed by atoms with Crippen molar-refractivity contribution >= 4 is 17.6 Å². The summed E-state index contributed by atoms with van der Waals surface area (Å²) in [6.07, 6.45) is 0. The number of amidine groups is 1. The first kappa shape index (κ1) is 14.5. The maximum atomic E-state index is 13.4. The zero-order valence-corrected chi connectivity index (χ0v) is 11.2. The molecule has 0 heterocycles. The lowest BCUT2D eigenvalue weighted by atomic mass is 10.1. The number of rotatable bonds is 4. The van der Waals surface area contributed by atoms with Gasteiger partial charge in [0.05, 0.1) is 5.69 Å². The van der Waals surface area contributed by atoms with Crippen molar-refractivity contribution < 1.29 is 9.18 Å². The summed E-state index contributed by atoms with van der Waals surface area (Å²) in [7, 11) is 0. The minimum atomic E-state index is -0.506. The summed E-state index contributed by atoms with van der Waals surface area (Å²) in [6, 6.07) is 12.4. The number of nitrogen functional groups attached to an aromatic ring is 1. The molecule has 0 fully saturated rings. The quantitative estimate of drug-likeness (QED) is 0.513. The van der Waals surface area contributed by atoms with Crippen LogP contribution < -0.4 is 16.4 Å². The average Bonchev–Trinajstić information content (AvgIpc) is 2.48. The number of amides is 2. The van der Waals surface area contributed by atoms with E-state index in [1.54, 1.807) is 36.4 Å². The molecule has 6 heteroatoms. The number of para-hydroxylation sites is 1. The lowest BCUT2D eigenvalue weighted by Gasteiger charge is -2.09. The lowest BCUT2D eigenvalue weighted by molar-refractivity contribution is 0.251. The molecule has 0 bridgehead atoms. The van der Waals surface area contributed by atoms with E-state index in [0.717, 1.165) is 5.56 Å². The van der Waals surface area contributed by atoms with Crippen molar-refractivity contribution in [2.24, 2.45) is 5.73 Å². The Balaban J connectivity index is 1.94. The van der Waals surface area contributed by atoms with Crippen LogP contribution in [0.4, 0.5) is 14.9 Å². The highest BCUT2D eigenvalue weighted by molar-refractivity contribution is 5.95. The highest BCUT2D eigenvalue weighted by atomic mass is 19.1. The van der Waals surface area contributed by atoms with Gasteiger partial charge in [-0.25, -0.2) is 9.18 Å². The van der Waals surface area contributed by atoms with Crippen molar-refractivity contribution in [3.63, 3.8) is 0 Å². The molecule has 0 atom stereocenters. The second kappa shape index (κ2) is 6.51. The molecule has 2 rings (SSSR count). The number of nitrogens with two attached hydrogens (primary N) is 1. The smallest absolute Gasteiger partial charge is 0.319 e. The number of nitrogens with one attached hydrogen (secondary N) is 3. The van der Waals surface area contributed by atoms with Crippen LogP contribution in [0.15, 0.2) is 48.5 Å². The molecule has 0 saturated carbocycles. The SMILES string of the molecule is N=C(N)c1cccc(CNC(=O)Nc2ccccc2F)c1. The Morgan fingerprint density at radius 3 is 2.67 bits per heavy atom. The molecule has 0 saturated heterocycles. The van der Waals surface area contributed by atoms with E-state index in [9.17, 15) is 9.18 Å². The zero-order chi connectivity index (χ0) is 15.2. The van der Waals surface area contributed by atoms with Crippen molar-refractivity contribution in [1.29, 1.82) is 5.41 Å². The van der Waals surface area contributed by atoms with Gasteiger partial charge in [-0.15, -0.1) is 0 Å². The van der Waals surface area contributed by atoms with Gasteiger partial charge in [-0.05, 0) is 23.8 Å². The summed E-state index contributed by atoms with van der Waals surface area (Å²) in [5, 5.41) is 12.4. The Hall–Kier alpha value is -2.89. The van der Waals surface area contributed by atoms with Crippen LogP contribution in [0.25, 0.3) is 0 Å². The standard InChI is InChI=1S/C15H15FN4O/c16-12-6-1-2-7-13(12)20-15(21)19-9-10-4-3-5-11(8-10)14(17)18/h1-8H,9H2,(H3,17,18)(H2,19,20,21). The van der Waals surface area contributed by atoms with Gasteiger partial charge < -0.3 is 16.4 Å². The van der Waals surface area contributed by atoms with Crippen molar-refractivity contribution in [3.05, 3.63) is 65.5 Å². The third-order valence-corrected chi connectivity index (χ3v) is 2.81. The third kappa shape index (κ3) is 4.04. The lowest BCUT2D eigenvalue weighted by Crippen LogP contribution is -2.28. The minimum Gasteiger partial charge on any atom is -0.384 e. The summed E-state index contributed by atoms with van der Waals surface area (Å²) >= 11 is 0. The topological polar surface area (TPSA) is 91.0 Å². The van der Waals surface area contributed by atoms with Crippen LogP contribution in [0.1, 0.15) is 11.1 Å². The summed E-state index contributed by atoms with van der Waals surface area (Å²) in [5.74, 6) is -0.529. The largest absolute Gasteiger partial charge is 0.384 e. The number of urea groups is 1. The molecule has 2 amide bonds. The van der Waals surface area contributed by atoms with Gasteiger partial charge in [0.1, 0.15) is 11.7 Å². The van der Waals surface area contributed by atoms with E-state index in [2.05, 4.69) is 10.6 Å². The third-order valence-electron chi connectivity index (χ3n) is 2.81. The molecule has 2 aromatic carbocycles. The first-order valence-electron chi connectivity index (χ1n) is 6.29. The highest BCUT2D eigenvalue weighted by Crippen LogP contribution is 2.12. The van der Waals surface area contributed by atoms with Crippen molar-refractivity contribution in [2.75, 3.05) is 5.32 Å². The van der Waals surface area contributed by atoms with Crippen molar-refractivity contribution in [1.82, 2.24) is 5.32 Å². The monoisotopic (exact) mass is 286 g/mol. The maximum Gasteiger partial charge on any atom is 0.319 e. The number of anilines is 1. The molecule has 0 aliphatic heterocycles. The molecule has 0 radical (unpaired) electrons. The van der Waals surface area contributed by atoms with Gasteiger partial charge >= 0.3 is 6.03 Å². The molecule has 21 heavy (non-hydrogen) atoms. The fourth-order valence-electron chi connectivity index (χ4n) is 1.76. The molecule has 2 aromatic rings. The molecular weight excluding hydrogens is 271 g/mol. The van der Waals surface area contributed by atoms with Crippen LogP contribution >= 0.6 is 0 Å². The number of hydrogen-bond acceptors (Lipinski definition) is 2. The molecule has 108 valence electrons. The number of halogens is 1. The summed E-state index contributed by atoms with van der Waals surface area (Å²) in [4.78, 5) is 11.7. The van der Waals surface area contributed by atoms with E-state index in [1.165, 1.54) is 12.1 Å². The van der Waals surface area contributed by atoms with E-state index in [1.807, 2.05) is 0 Å². The zero-order valence-electron chi connectivity index (χ0n) is 11.2. The molecule has 5 nitrogen and oxygen atoms in total. The number of carbonyl (C=O) groups is 1. The first-order valence-corrected chi connectivity index (χ1v) is 6.29. The van der Waals surface area contributed by atoms with Gasteiger partial charge in [-0.3, -0.25) is 5.41 Å². The fraction of sp³-hybridized carbons (Fsp3) is 0.0667. The minimum absolute atomic E-state index is 0.0346. The molecule has 0 aliphatic rings. The molecule has 0 spiro atoms. The van der Waals surface area contributed by atoms with Gasteiger partial charge in [-0.1, -0.05) is 30.3 Å². The van der Waals surface area contributed by atoms with E-state index >= 15 is 0 Å². The Morgan fingerprint density at radius 1 is 1.19 bits per heavy atom. The van der Waals surface area contributed by atoms with Gasteiger partial charge in [0.25, 0.3) is 0 Å². The Morgan fingerprint density at radius 2 is 1.95 bits per heavy atom. The molecule has 0 aliphatic carbocycles. The Labute approximate surface area is 121 Å². The van der Waals surface area contributed by atoms with Crippen LogP contribution in [0.3, 0.4) is 0 Å². The normalized spacial score (nSPS) is 9.95. The van der Waals surface area contributed by atoms with Gasteiger partial charge in [0.2, 0.25) is 0 Å². The summed E-state index contributed by atoms with van der Waals surface area (Å²) in [6.45, 7) is 0.251.